The molecule has 0 radical (unpaired) electrons. The van der Waals surface area contributed by atoms with Crippen LogP contribution in [0.15, 0.2) is 22.8 Å². The highest BCUT2D eigenvalue weighted by molar-refractivity contribution is 7.07. The molecule has 2 heterocycles. The fourth-order valence-corrected chi connectivity index (χ4v) is 8.44. The molecule has 5 nitrogen and oxygen atoms in total. The Hall–Kier alpha value is -1.76. The number of halogens is 1. The normalized spacial score (nSPS) is 41.8. The van der Waals surface area contributed by atoms with Crippen LogP contribution in [0.25, 0.3) is 0 Å². The van der Waals surface area contributed by atoms with Crippen molar-refractivity contribution in [2.75, 3.05) is 7.05 Å². The summed E-state index contributed by atoms with van der Waals surface area (Å²) in [6.07, 6.45) is 7.59. The second kappa shape index (κ2) is 7.39. The molecule has 31 heavy (non-hydrogen) atoms. The van der Waals surface area contributed by atoms with Gasteiger partial charge in [-0.2, -0.15) is 0 Å². The number of hydrogen-bond donors (Lipinski definition) is 1. The topological polar surface area (TPSA) is 62.3 Å². The number of fused-ring (bicyclic) bond motifs is 5. The summed E-state index contributed by atoms with van der Waals surface area (Å²) in [6.45, 7) is 4.97. The van der Waals surface area contributed by atoms with Crippen LogP contribution in [0.1, 0.15) is 58.1 Å². The molecule has 0 aromatic carbocycles. The standard InChI is InChI=1S/C24H32FN3O2S/c1-23-9-8-17-15(4-7-20-24(17,2)10-19(25)22(30)28(20)3)16(23)5-6-18(23)21(29)26-11-14-12-31-13-27-14/h10,12-13,15-18,20H,4-9,11H2,1-3H3,(H,26,29)/t15-,16-,17-,18+,20+,23-,24+/m0/s1. The number of amides is 2. The molecule has 0 bridgehead atoms. The maximum atomic E-state index is 14.5. The van der Waals surface area contributed by atoms with Gasteiger partial charge in [0.25, 0.3) is 5.91 Å². The second-order valence-corrected chi connectivity index (χ2v) is 11.3. The summed E-state index contributed by atoms with van der Waals surface area (Å²) >= 11 is 1.54. The molecule has 1 N–H and O–H groups in total. The highest BCUT2D eigenvalue weighted by atomic mass is 32.1. The van der Waals surface area contributed by atoms with E-state index in [-0.39, 0.29) is 28.7 Å². The first kappa shape index (κ1) is 21.1. The van der Waals surface area contributed by atoms with Crippen molar-refractivity contribution in [2.24, 2.45) is 34.5 Å². The lowest BCUT2D eigenvalue weighted by molar-refractivity contribution is -0.145. The molecule has 3 aliphatic carbocycles. The van der Waals surface area contributed by atoms with Gasteiger partial charge in [-0.25, -0.2) is 9.37 Å². The summed E-state index contributed by atoms with van der Waals surface area (Å²) in [6, 6.07) is 0.0729. The van der Waals surface area contributed by atoms with Crippen molar-refractivity contribution >= 4 is 23.2 Å². The minimum absolute atomic E-state index is 0.00479. The summed E-state index contributed by atoms with van der Waals surface area (Å²) in [4.78, 5) is 31.3. The van der Waals surface area contributed by atoms with Crippen LogP contribution < -0.4 is 5.32 Å². The van der Waals surface area contributed by atoms with Gasteiger partial charge in [0.2, 0.25) is 5.91 Å². The molecule has 0 unspecified atom stereocenters. The minimum atomic E-state index is -0.596. The molecule has 168 valence electrons. The molecule has 2 amide bonds. The highest BCUT2D eigenvalue weighted by Gasteiger charge is 2.62. The summed E-state index contributed by atoms with van der Waals surface area (Å²) in [5.41, 5.74) is 2.38. The first-order valence-corrected chi connectivity index (χ1v) is 12.5. The maximum Gasteiger partial charge on any atom is 0.282 e. The van der Waals surface area contributed by atoms with Gasteiger partial charge in [0.1, 0.15) is 0 Å². The van der Waals surface area contributed by atoms with Crippen molar-refractivity contribution < 1.29 is 14.0 Å². The van der Waals surface area contributed by atoms with E-state index in [0.29, 0.717) is 24.3 Å². The number of carbonyl (C=O) groups is 2. The van der Waals surface area contributed by atoms with Crippen LogP contribution in [-0.2, 0) is 16.1 Å². The Morgan fingerprint density at radius 2 is 2.06 bits per heavy atom. The minimum Gasteiger partial charge on any atom is -0.350 e. The predicted octanol–water partition coefficient (Wildman–Crippen LogP) is 4.31. The van der Waals surface area contributed by atoms with E-state index < -0.39 is 11.7 Å². The Morgan fingerprint density at radius 1 is 1.26 bits per heavy atom. The number of nitrogens with one attached hydrogen (secondary N) is 1. The zero-order valence-corrected chi connectivity index (χ0v) is 19.4. The quantitative estimate of drug-likeness (QED) is 0.754. The van der Waals surface area contributed by atoms with Gasteiger partial charge in [-0.15, -0.1) is 11.3 Å². The Morgan fingerprint density at radius 3 is 2.81 bits per heavy atom. The fraction of sp³-hybridized carbons (Fsp3) is 0.708. The van der Waals surface area contributed by atoms with Gasteiger partial charge in [0.15, 0.2) is 5.83 Å². The molecular formula is C24H32FN3O2S. The zero-order chi connectivity index (χ0) is 22.0. The Kier molecular flexibility index (Phi) is 5.03. The van der Waals surface area contributed by atoms with Gasteiger partial charge in [-0.05, 0) is 67.8 Å². The third kappa shape index (κ3) is 3.10. The van der Waals surface area contributed by atoms with Gasteiger partial charge in [-0.1, -0.05) is 13.8 Å². The van der Waals surface area contributed by atoms with Gasteiger partial charge in [-0.3, -0.25) is 9.59 Å². The number of nitrogens with zero attached hydrogens (tertiary/aromatic N) is 2. The number of aromatic nitrogens is 1. The molecule has 1 aromatic rings. The third-order valence-electron chi connectivity index (χ3n) is 9.40. The van der Waals surface area contributed by atoms with Crippen molar-refractivity contribution in [3.63, 3.8) is 0 Å². The van der Waals surface area contributed by atoms with Crippen molar-refractivity contribution in [1.29, 1.82) is 0 Å². The van der Waals surface area contributed by atoms with Crippen LogP contribution in [0.2, 0.25) is 0 Å². The molecule has 0 spiro atoms. The maximum absolute atomic E-state index is 14.5. The van der Waals surface area contributed by atoms with Crippen LogP contribution >= 0.6 is 11.3 Å². The first-order chi connectivity index (χ1) is 14.8. The summed E-state index contributed by atoms with van der Waals surface area (Å²) in [5, 5.41) is 5.10. The lowest BCUT2D eigenvalue weighted by atomic mass is 9.47. The largest absolute Gasteiger partial charge is 0.350 e. The molecule has 0 saturated heterocycles. The number of hydrogen-bond acceptors (Lipinski definition) is 4. The van der Waals surface area contributed by atoms with Gasteiger partial charge in [0.05, 0.1) is 17.7 Å². The van der Waals surface area contributed by atoms with Crippen LogP contribution in [0.4, 0.5) is 4.39 Å². The predicted molar refractivity (Wildman–Crippen MR) is 118 cm³/mol. The van der Waals surface area contributed by atoms with Crippen molar-refractivity contribution in [3.8, 4) is 0 Å². The molecular weight excluding hydrogens is 413 g/mol. The van der Waals surface area contributed by atoms with E-state index in [9.17, 15) is 14.0 Å². The van der Waals surface area contributed by atoms with Crippen molar-refractivity contribution in [3.05, 3.63) is 28.5 Å². The molecule has 3 saturated carbocycles. The fourth-order valence-electron chi connectivity index (χ4n) is 7.89. The second-order valence-electron chi connectivity index (χ2n) is 10.6. The molecule has 7 atom stereocenters. The molecule has 1 aromatic heterocycles. The monoisotopic (exact) mass is 445 g/mol. The molecule has 3 fully saturated rings. The van der Waals surface area contributed by atoms with Crippen LogP contribution in [0.3, 0.4) is 0 Å². The average Bonchev–Trinajstić information content (AvgIpc) is 3.37. The van der Waals surface area contributed by atoms with E-state index >= 15 is 0 Å². The lowest BCUT2D eigenvalue weighted by Gasteiger charge is -2.60. The number of rotatable bonds is 3. The molecule has 5 rings (SSSR count). The zero-order valence-electron chi connectivity index (χ0n) is 18.6. The van der Waals surface area contributed by atoms with Crippen LogP contribution in [0.5, 0.6) is 0 Å². The third-order valence-corrected chi connectivity index (χ3v) is 10.0. The van der Waals surface area contributed by atoms with E-state index in [2.05, 4.69) is 24.1 Å². The number of carbonyl (C=O) groups excluding carboxylic acids is 2. The highest BCUT2D eigenvalue weighted by Crippen LogP contribution is 2.65. The van der Waals surface area contributed by atoms with Crippen LogP contribution in [-0.4, -0.2) is 34.8 Å². The van der Waals surface area contributed by atoms with Crippen molar-refractivity contribution in [1.82, 2.24) is 15.2 Å². The number of likely N-dealkylation sites (N-methyl/N-ethyl adjacent to an activating group) is 1. The van der Waals surface area contributed by atoms with Crippen molar-refractivity contribution in [2.45, 2.75) is 65.0 Å². The number of thiazole rings is 1. The van der Waals surface area contributed by atoms with Gasteiger partial charge < -0.3 is 10.2 Å². The van der Waals surface area contributed by atoms with E-state index in [1.54, 1.807) is 34.9 Å². The summed E-state index contributed by atoms with van der Waals surface area (Å²) in [5.74, 6) is 0.457. The molecule has 7 heteroatoms. The Bertz CT molecular complexity index is 918. The summed E-state index contributed by atoms with van der Waals surface area (Å²) in [7, 11) is 1.75. The first-order valence-electron chi connectivity index (χ1n) is 11.6. The summed E-state index contributed by atoms with van der Waals surface area (Å²) < 4.78 is 14.5. The molecule has 1 aliphatic heterocycles. The van der Waals surface area contributed by atoms with Gasteiger partial charge >= 0.3 is 0 Å². The molecule has 4 aliphatic rings. The Labute approximate surface area is 187 Å². The van der Waals surface area contributed by atoms with E-state index in [4.69, 9.17) is 0 Å². The van der Waals surface area contributed by atoms with E-state index in [1.165, 1.54) is 0 Å². The SMILES string of the molecule is CN1C(=O)C(F)=C[C@]2(C)[C@H]3CC[C@]4(C)[C@@H](C(=O)NCc5cscn5)CC[C@H]4[C@@H]3CC[C@@H]12. The Balaban J connectivity index is 1.36. The smallest absolute Gasteiger partial charge is 0.282 e. The van der Waals surface area contributed by atoms with Crippen LogP contribution in [0, 0.1) is 34.5 Å². The van der Waals surface area contributed by atoms with E-state index in [1.807, 2.05) is 5.38 Å². The van der Waals surface area contributed by atoms with E-state index in [0.717, 1.165) is 44.2 Å². The lowest BCUT2D eigenvalue weighted by Crippen LogP contribution is -2.60. The average molecular weight is 446 g/mol. The van der Waals surface area contributed by atoms with Gasteiger partial charge in [0, 0.05) is 29.8 Å².